The third-order valence-corrected chi connectivity index (χ3v) is 9.22. The second-order valence-corrected chi connectivity index (χ2v) is 13.4. The van der Waals surface area contributed by atoms with Crippen LogP contribution in [0.5, 0.6) is 0 Å². The molecule has 2 aliphatic carbocycles. The van der Waals surface area contributed by atoms with Crippen LogP contribution in [-0.4, -0.2) is 66.6 Å². The summed E-state index contributed by atoms with van der Waals surface area (Å²) in [6.45, 7) is 7.39. The summed E-state index contributed by atoms with van der Waals surface area (Å²) in [4.78, 5) is 54.7. The smallest absolute Gasteiger partial charge is 0.287 e. The second kappa shape index (κ2) is 11.6. The molecule has 0 aromatic carbocycles. The van der Waals surface area contributed by atoms with Crippen LogP contribution >= 0.6 is 0 Å². The van der Waals surface area contributed by atoms with Gasteiger partial charge < -0.3 is 21.1 Å². The van der Waals surface area contributed by atoms with Crippen LogP contribution < -0.4 is 11.1 Å². The van der Waals surface area contributed by atoms with Gasteiger partial charge in [0.05, 0.1) is 17.9 Å². The Bertz CT molecular complexity index is 1110. The molecule has 11 heteroatoms. The van der Waals surface area contributed by atoms with Crippen LogP contribution in [0.1, 0.15) is 116 Å². The molecule has 1 aromatic heterocycles. The van der Waals surface area contributed by atoms with Gasteiger partial charge in [-0.05, 0) is 39.0 Å². The van der Waals surface area contributed by atoms with E-state index in [-0.39, 0.29) is 18.9 Å². The van der Waals surface area contributed by atoms with Crippen molar-refractivity contribution in [2.45, 2.75) is 128 Å². The van der Waals surface area contributed by atoms with Crippen molar-refractivity contribution in [1.29, 1.82) is 0 Å². The molecular weight excluding hydrogens is 512 g/mol. The van der Waals surface area contributed by atoms with Crippen molar-refractivity contribution in [2.75, 3.05) is 6.54 Å². The Labute approximate surface area is 236 Å². The number of ketones is 1. The summed E-state index contributed by atoms with van der Waals surface area (Å²) in [6.07, 6.45) is 11.2. The summed E-state index contributed by atoms with van der Waals surface area (Å²) in [6, 6.07) is -1.27. The molecule has 2 atom stereocenters. The van der Waals surface area contributed by atoms with Crippen LogP contribution in [0.4, 0.5) is 0 Å². The monoisotopic (exact) mass is 558 g/mol. The number of likely N-dealkylation sites (tertiary alicyclic amines) is 1. The van der Waals surface area contributed by atoms with Crippen molar-refractivity contribution >= 4 is 23.5 Å². The van der Waals surface area contributed by atoms with Gasteiger partial charge in [-0.25, -0.2) is 4.68 Å². The van der Waals surface area contributed by atoms with Crippen LogP contribution in [0, 0.1) is 11.3 Å². The Morgan fingerprint density at radius 2 is 1.68 bits per heavy atom. The topological polar surface area (TPSA) is 161 Å². The van der Waals surface area contributed by atoms with Crippen molar-refractivity contribution in [1.82, 2.24) is 25.2 Å². The van der Waals surface area contributed by atoms with Crippen molar-refractivity contribution < 1.29 is 24.3 Å². The molecule has 40 heavy (non-hydrogen) atoms. The SMILES string of the molecule is CC(C)(CC1CCCCC1)C(=O)N1C[C@@H](n2nncc2C(C)(C)O)C[C@H]1C(=O)NC1(C(=O)C(N)=O)CCCCC1. The van der Waals surface area contributed by atoms with E-state index in [0.29, 0.717) is 37.3 Å². The van der Waals surface area contributed by atoms with Gasteiger partial charge in [0.1, 0.15) is 17.2 Å². The van der Waals surface area contributed by atoms with E-state index in [4.69, 9.17) is 5.73 Å². The molecule has 222 valence electrons. The van der Waals surface area contributed by atoms with E-state index in [2.05, 4.69) is 15.6 Å². The zero-order valence-corrected chi connectivity index (χ0v) is 24.4. The van der Waals surface area contributed by atoms with Crippen LogP contribution in [-0.2, 0) is 24.8 Å². The Morgan fingerprint density at radius 3 is 2.27 bits per heavy atom. The summed E-state index contributed by atoms with van der Waals surface area (Å²) in [5, 5.41) is 21.8. The van der Waals surface area contributed by atoms with E-state index in [0.717, 1.165) is 25.7 Å². The number of carbonyl (C=O) groups excluding carboxylic acids is 4. The normalized spacial score (nSPS) is 24.1. The molecule has 1 saturated heterocycles. The second-order valence-electron chi connectivity index (χ2n) is 13.4. The number of carbonyl (C=O) groups is 4. The summed E-state index contributed by atoms with van der Waals surface area (Å²) in [5.74, 6) is -1.97. The van der Waals surface area contributed by atoms with Crippen LogP contribution in [0.3, 0.4) is 0 Å². The van der Waals surface area contributed by atoms with Gasteiger partial charge in [-0.15, -0.1) is 5.10 Å². The Balaban J connectivity index is 1.64. The molecule has 4 rings (SSSR count). The fraction of sp³-hybridized carbons (Fsp3) is 0.793. The molecule has 11 nitrogen and oxygen atoms in total. The molecule has 0 unspecified atom stereocenters. The Kier molecular flexibility index (Phi) is 8.73. The number of aliphatic hydroxyl groups is 1. The van der Waals surface area contributed by atoms with Gasteiger partial charge in [0.2, 0.25) is 17.6 Å². The third kappa shape index (κ3) is 6.24. The number of rotatable bonds is 9. The highest BCUT2D eigenvalue weighted by atomic mass is 16.3. The van der Waals surface area contributed by atoms with Gasteiger partial charge in [-0.1, -0.05) is 70.4 Å². The first-order valence-corrected chi connectivity index (χ1v) is 14.9. The summed E-state index contributed by atoms with van der Waals surface area (Å²) < 4.78 is 1.60. The highest BCUT2D eigenvalue weighted by Crippen LogP contribution is 2.40. The van der Waals surface area contributed by atoms with Gasteiger partial charge in [0, 0.05) is 18.4 Å². The van der Waals surface area contributed by atoms with E-state index >= 15 is 0 Å². The van der Waals surface area contributed by atoms with Crippen molar-refractivity contribution in [3.05, 3.63) is 11.9 Å². The van der Waals surface area contributed by atoms with E-state index < -0.39 is 46.2 Å². The van der Waals surface area contributed by atoms with Gasteiger partial charge in [-0.3, -0.25) is 19.2 Å². The minimum absolute atomic E-state index is 0.121. The summed E-state index contributed by atoms with van der Waals surface area (Å²) in [5.41, 5.74) is 2.62. The number of hydrogen-bond donors (Lipinski definition) is 3. The Hall–Kier alpha value is -2.82. The molecule has 1 aliphatic heterocycles. The highest BCUT2D eigenvalue weighted by Gasteiger charge is 2.50. The lowest BCUT2D eigenvalue weighted by Crippen LogP contribution is -2.62. The quantitative estimate of drug-likeness (QED) is 0.393. The largest absolute Gasteiger partial charge is 0.384 e. The maximum Gasteiger partial charge on any atom is 0.287 e. The fourth-order valence-corrected chi connectivity index (χ4v) is 7.12. The first-order valence-electron chi connectivity index (χ1n) is 14.9. The van der Waals surface area contributed by atoms with Gasteiger partial charge in [0.15, 0.2) is 0 Å². The maximum atomic E-state index is 14.2. The number of aromatic nitrogens is 3. The minimum atomic E-state index is -1.35. The molecular formula is C29H46N6O5. The molecule has 0 spiro atoms. The molecule has 1 aromatic rings. The molecule has 3 aliphatic rings. The number of primary amides is 1. The lowest BCUT2D eigenvalue weighted by atomic mass is 9.75. The summed E-state index contributed by atoms with van der Waals surface area (Å²) >= 11 is 0. The number of amides is 3. The van der Waals surface area contributed by atoms with E-state index in [1.54, 1.807) is 23.4 Å². The zero-order chi connectivity index (χ0) is 29.3. The van der Waals surface area contributed by atoms with Gasteiger partial charge in [0.25, 0.3) is 5.91 Å². The van der Waals surface area contributed by atoms with E-state index in [9.17, 15) is 24.3 Å². The number of nitrogens with one attached hydrogen (secondary N) is 1. The fourth-order valence-electron chi connectivity index (χ4n) is 7.12. The first-order chi connectivity index (χ1) is 18.7. The molecule has 4 N–H and O–H groups in total. The van der Waals surface area contributed by atoms with Crippen LogP contribution in [0.15, 0.2) is 6.20 Å². The predicted octanol–water partition coefficient (Wildman–Crippen LogP) is 2.52. The lowest BCUT2D eigenvalue weighted by molar-refractivity contribution is -0.148. The molecule has 3 fully saturated rings. The van der Waals surface area contributed by atoms with Crippen molar-refractivity contribution in [2.24, 2.45) is 17.1 Å². The van der Waals surface area contributed by atoms with Gasteiger partial charge in [-0.2, -0.15) is 0 Å². The molecule has 3 amide bonds. The highest BCUT2D eigenvalue weighted by molar-refractivity contribution is 6.39. The molecule has 0 bridgehead atoms. The third-order valence-electron chi connectivity index (χ3n) is 9.22. The van der Waals surface area contributed by atoms with E-state index in [1.165, 1.54) is 25.5 Å². The zero-order valence-electron chi connectivity index (χ0n) is 24.4. The minimum Gasteiger partial charge on any atom is -0.384 e. The van der Waals surface area contributed by atoms with Crippen LogP contribution in [0.2, 0.25) is 0 Å². The molecule has 2 heterocycles. The average Bonchev–Trinajstić information content (AvgIpc) is 3.56. The number of nitrogens with two attached hydrogens (primary N) is 1. The lowest BCUT2D eigenvalue weighted by Gasteiger charge is -2.39. The van der Waals surface area contributed by atoms with Crippen LogP contribution in [0.25, 0.3) is 0 Å². The number of Topliss-reactive ketones (excluding diaryl/α,β-unsaturated/α-hetero) is 1. The predicted molar refractivity (Wildman–Crippen MR) is 148 cm³/mol. The first kappa shape index (κ1) is 30.1. The Morgan fingerprint density at radius 1 is 1.05 bits per heavy atom. The van der Waals surface area contributed by atoms with Gasteiger partial charge >= 0.3 is 0 Å². The van der Waals surface area contributed by atoms with E-state index in [1.807, 2.05) is 13.8 Å². The maximum absolute atomic E-state index is 14.2. The van der Waals surface area contributed by atoms with Crippen molar-refractivity contribution in [3.8, 4) is 0 Å². The molecule has 0 radical (unpaired) electrons. The summed E-state index contributed by atoms with van der Waals surface area (Å²) in [7, 11) is 0. The number of hydrogen-bond acceptors (Lipinski definition) is 7. The standard InChI is InChI=1S/C29H46N6O5/c1-27(2,16-19-11-7-5-8-12-19)26(39)34-18-20(35-22(17-31-33-35)28(3,4)40)15-21(34)25(38)32-29(23(36)24(30)37)13-9-6-10-14-29/h17,19-21,40H,5-16,18H2,1-4H3,(H2,30,37)(H,32,38)/t20-,21-/m0/s1. The average molecular weight is 559 g/mol. The molecule has 2 saturated carbocycles. The van der Waals surface area contributed by atoms with Crippen molar-refractivity contribution in [3.63, 3.8) is 0 Å². The number of nitrogens with zero attached hydrogens (tertiary/aromatic N) is 4.